The summed E-state index contributed by atoms with van der Waals surface area (Å²) in [5.41, 5.74) is 0.679. The van der Waals surface area contributed by atoms with Gasteiger partial charge in [-0.25, -0.2) is 0 Å². The van der Waals surface area contributed by atoms with Crippen LogP contribution in [0.3, 0.4) is 0 Å². The van der Waals surface area contributed by atoms with Gasteiger partial charge in [-0.15, -0.1) is 0 Å². The molecule has 0 radical (unpaired) electrons. The van der Waals surface area contributed by atoms with Crippen LogP contribution >= 0.6 is 0 Å². The van der Waals surface area contributed by atoms with Gasteiger partial charge in [0.2, 0.25) is 0 Å². The molecule has 2 nitrogen and oxygen atoms in total. The van der Waals surface area contributed by atoms with Gasteiger partial charge in [-0.2, -0.15) is 13.2 Å². The maximum Gasteiger partial charge on any atom is 0.416 e. The van der Waals surface area contributed by atoms with Crippen molar-refractivity contribution >= 4 is 10.9 Å². The second-order valence-corrected chi connectivity index (χ2v) is 3.55. The van der Waals surface area contributed by atoms with Gasteiger partial charge in [-0.3, -0.25) is 0 Å². The van der Waals surface area contributed by atoms with Crippen molar-refractivity contribution < 1.29 is 18.3 Å². The number of alkyl halides is 3. The molecule has 5 heteroatoms. The molecule has 2 N–H and O–H groups in total. The Labute approximate surface area is 97.1 Å². The molecule has 0 atom stereocenters. The van der Waals surface area contributed by atoms with E-state index in [0.717, 1.165) is 12.1 Å². The minimum Gasteiger partial charge on any atom is -0.396 e. The highest BCUT2D eigenvalue weighted by Crippen LogP contribution is 2.32. The molecule has 2 aromatic rings. The van der Waals surface area contributed by atoms with Crippen molar-refractivity contribution in [3.8, 4) is 0 Å². The van der Waals surface area contributed by atoms with E-state index in [9.17, 15) is 13.2 Å². The smallest absolute Gasteiger partial charge is 0.396 e. The molecule has 0 spiro atoms. The molecule has 0 bridgehead atoms. The fraction of sp³-hybridized carbons (Fsp3) is 0.333. The standard InChI is InChI=1S/C11H10F3NO.CH4/c12-11(13,14)8-1-2-10-9(5-8)7(3-4-16)6-15-10;/h1-2,5-6,15-16H,3-4H2;1H4. The van der Waals surface area contributed by atoms with Gasteiger partial charge in [0.25, 0.3) is 0 Å². The summed E-state index contributed by atoms with van der Waals surface area (Å²) in [5.74, 6) is 0. The first-order valence-electron chi connectivity index (χ1n) is 4.80. The monoisotopic (exact) mass is 245 g/mol. The third kappa shape index (κ3) is 2.61. The molecule has 0 amide bonds. The van der Waals surface area contributed by atoms with Gasteiger partial charge >= 0.3 is 6.18 Å². The van der Waals surface area contributed by atoms with Gasteiger partial charge in [-0.05, 0) is 30.2 Å². The number of hydrogen-bond donors (Lipinski definition) is 2. The Balaban J connectivity index is 0.00000144. The number of aliphatic hydroxyl groups is 1. The van der Waals surface area contributed by atoms with Gasteiger partial charge in [0, 0.05) is 23.7 Å². The number of aromatic amines is 1. The van der Waals surface area contributed by atoms with E-state index in [4.69, 9.17) is 5.11 Å². The Morgan fingerprint density at radius 1 is 1.24 bits per heavy atom. The highest BCUT2D eigenvalue weighted by atomic mass is 19.4. The molecule has 0 unspecified atom stereocenters. The van der Waals surface area contributed by atoms with Crippen molar-refractivity contribution in [2.45, 2.75) is 20.0 Å². The molecular formula is C12H14F3NO. The molecule has 0 aliphatic heterocycles. The molecular weight excluding hydrogens is 231 g/mol. The predicted molar refractivity (Wildman–Crippen MR) is 60.8 cm³/mol. The summed E-state index contributed by atoms with van der Waals surface area (Å²) in [6, 6.07) is 3.55. The summed E-state index contributed by atoms with van der Waals surface area (Å²) in [4.78, 5) is 2.87. The lowest BCUT2D eigenvalue weighted by Crippen LogP contribution is -2.04. The average Bonchev–Trinajstić information content (AvgIpc) is 2.60. The molecule has 2 rings (SSSR count). The fourth-order valence-electron chi connectivity index (χ4n) is 1.68. The van der Waals surface area contributed by atoms with E-state index in [1.165, 1.54) is 6.07 Å². The molecule has 1 aromatic heterocycles. The van der Waals surface area contributed by atoms with Crippen LogP contribution in [0.25, 0.3) is 10.9 Å². The number of aliphatic hydroxyl groups excluding tert-OH is 1. The van der Waals surface area contributed by atoms with Crippen LogP contribution in [0.4, 0.5) is 13.2 Å². The van der Waals surface area contributed by atoms with Crippen molar-refractivity contribution in [3.05, 3.63) is 35.5 Å². The lowest BCUT2D eigenvalue weighted by atomic mass is 10.1. The maximum atomic E-state index is 12.5. The quantitative estimate of drug-likeness (QED) is 0.836. The molecule has 0 saturated heterocycles. The molecule has 0 saturated carbocycles. The van der Waals surface area contributed by atoms with E-state index in [1.807, 2.05) is 0 Å². The van der Waals surface area contributed by atoms with Crippen molar-refractivity contribution in [2.75, 3.05) is 6.61 Å². The SMILES string of the molecule is C.OCCc1c[nH]c2ccc(C(F)(F)F)cc12. The molecule has 17 heavy (non-hydrogen) atoms. The van der Waals surface area contributed by atoms with E-state index in [2.05, 4.69) is 4.98 Å². The van der Waals surface area contributed by atoms with E-state index < -0.39 is 11.7 Å². The Bertz CT molecular complexity index is 502. The van der Waals surface area contributed by atoms with Crippen LogP contribution in [0.1, 0.15) is 18.6 Å². The zero-order valence-corrected chi connectivity index (χ0v) is 8.30. The number of halogens is 3. The summed E-state index contributed by atoms with van der Waals surface area (Å²) < 4.78 is 37.4. The van der Waals surface area contributed by atoms with Crippen molar-refractivity contribution in [3.63, 3.8) is 0 Å². The van der Waals surface area contributed by atoms with Gasteiger partial charge in [-0.1, -0.05) is 7.43 Å². The first kappa shape index (κ1) is 13.6. The first-order chi connectivity index (χ1) is 7.52. The lowest BCUT2D eigenvalue weighted by molar-refractivity contribution is -0.137. The van der Waals surface area contributed by atoms with Crippen LogP contribution in [0.2, 0.25) is 0 Å². The van der Waals surface area contributed by atoms with Gasteiger partial charge in [0.1, 0.15) is 0 Å². The van der Waals surface area contributed by atoms with Crippen LogP contribution in [-0.2, 0) is 12.6 Å². The van der Waals surface area contributed by atoms with Crippen LogP contribution in [0.15, 0.2) is 24.4 Å². The predicted octanol–water partition coefficient (Wildman–Crippen LogP) is 3.36. The van der Waals surface area contributed by atoms with E-state index in [-0.39, 0.29) is 14.0 Å². The van der Waals surface area contributed by atoms with E-state index in [0.29, 0.717) is 22.9 Å². The fourth-order valence-corrected chi connectivity index (χ4v) is 1.68. The zero-order valence-electron chi connectivity index (χ0n) is 8.30. The Kier molecular flexibility index (Phi) is 3.83. The van der Waals surface area contributed by atoms with Crippen LogP contribution in [-0.4, -0.2) is 16.7 Å². The van der Waals surface area contributed by atoms with Crippen molar-refractivity contribution in [1.29, 1.82) is 0 Å². The Hall–Kier alpha value is -1.49. The summed E-state index contributed by atoms with van der Waals surface area (Å²) >= 11 is 0. The lowest BCUT2D eigenvalue weighted by Gasteiger charge is -2.06. The number of rotatable bonds is 2. The highest BCUT2D eigenvalue weighted by Gasteiger charge is 2.30. The summed E-state index contributed by atoms with van der Waals surface area (Å²) in [7, 11) is 0. The number of hydrogen-bond acceptors (Lipinski definition) is 1. The molecule has 0 aliphatic carbocycles. The average molecular weight is 245 g/mol. The third-order valence-corrected chi connectivity index (χ3v) is 2.48. The van der Waals surface area contributed by atoms with Gasteiger partial charge in [0.05, 0.1) is 5.56 Å². The number of benzene rings is 1. The van der Waals surface area contributed by atoms with Crippen molar-refractivity contribution in [2.24, 2.45) is 0 Å². The minimum absolute atomic E-state index is 0. The zero-order chi connectivity index (χ0) is 11.8. The molecule has 0 aliphatic rings. The van der Waals surface area contributed by atoms with E-state index >= 15 is 0 Å². The van der Waals surface area contributed by atoms with Crippen LogP contribution in [0, 0.1) is 0 Å². The first-order valence-corrected chi connectivity index (χ1v) is 4.80. The molecule has 0 fully saturated rings. The highest BCUT2D eigenvalue weighted by molar-refractivity contribution is 5.84. The second kappa shape index (κ2) is 4.79. The molecule has 94 valence electrons. The van der Waals surface area contributed by atoms with Gasteiger partial charge in [0.15, 0.2) is 0 Å². The Morgan fingerprint density at radius 2 is 1.94 bits per heavy atom. The maximum absolute atomic E-state index is 12.5. The van der Waals surface area contributed by atoms with E-state index in [1.54, 1.807) is 6.20 Å². The number of aromatic nitrogens is 1. The largest absolute Gasteiger partial charge is 0.416 e. The van der Waals surface area contributed by atoms with Crippen molar-refractivity contribution in [1.82, 2.24) is 4.98 Å². The topological polar surface area (TPSA) is 36.0 Å². The molecule has 1 aromatic carbocycles. The summed E-state index contributed by atoms with van der Waals surface area (Å²) in [6.45, 7) is -0.0802. The molecule has 1 heterocycles. The summed E-state index contributed by atoms with van der Waals surface area (Å²) in [6.07, 6.45) is -2.36. The van der Waals surface area contributed by atoms with Crippen LogP contribution < -0.4 is 0 Å². The second-order valence-electron chi connectivity index (χ2n) is 3.55. The minimum atomic E-state index is -4.33. The number of nitrogens with one attached hydrogen (secondary N) is 1. The normalized spacial score (nSPS) is 11.5. The van der Waals surface area contributed by atoms with Gasteiger partial charge < -0.3 is 10.1 Å². The Morgan fingerprint density at radius 3 is 2.53 bits per heavy atom. The third-order valence-electron chi connectivity index (χ3n) is 2.48. The van der Waals surface area contributed by atoms with Crippen LogP contribution in [0.5, 0.6) is 0 Å². The number of fused-ring (bicyclic) bond motifs is 1. The number of H-pyrrole nitrogens is 1. The summed E-state index contributed by atoms with van der Waals surface area (Å²) in [5, 5.41) is 9.31.